The summed E-state index contributed by atoms with van der Waals surface area (Å²) in [5.41, 5.74) is 2.65. The molecule has 1 aliphatic rings. The van der Waals surface area contributed by atoms with Crippen LogP contribution in [0.25, 0.3) is 0 Å². The smallest absolute Gasteiger partial charge is 0.247 e. The number of nitrogens with zero attached hydrogens (tertiary/aromatic N) is 3. The van der Waals surface area contributed by atoms with Crippen LogP contribution in [0.3, 0.4) is 0 Å². The highest BCUT2D eigenvalue weighted by Crippen LogP contribution is 2.22. The lowest BCUT2D eigenvalue weighted by molar-refractivity contribution is -0.118. The lowest BCUT2D eigenvalue weighted by Gasteiger charge is -2.22. The molecular formula is C25H27N5O2. The van der Waals surface area contributed by atoms with Crippen molar-refractivity contribution < 1.29 is 9.53 Å². The highest BCUT2D eigenvalue weighted by atomic mass is 16.5. The van der Waals surface area contributed by atoms with Gasteiger partial charge in [-0.25, -0.2) is 0 Å². The van der Waals surface area contributed by atoms with Gasteiger partial charge in [0.25, 0.3) is 0 Å². The average Bonchev–Trinajstić information content (AvgIpc) is 3.31. The number of anilines is 1. The molecule has 164 valence electrons. The van der Waals surface area contributed by atoms with E-state index in [1.54, 1.807) is 0 Å². The van der Waals surface area contributed by atoms with E-state index in [-0.39, 0.29) is 5.91 Å². The summed E-state index contributed by atoms with van der Waals surface area (Å²) >= 11 is 0. The molecule has 3 aromatic rings. The number of carbonyl (C=O) groups is 1. The summed E-state index contributed by atoms with van der Waals surface area (Å²) in [4.78, 5) is 13.1. The number of carbonyl (C=O) groups excluding carboxylic acids is 1. The van der Waals surface area contributed by atoms with Crippen molar-refractivity contribution in [3.05, 3.63) is 83.6 Å². The molecule has 2 heterocycles. The predicted molar refractivity (Wildman–Crippen MR) is 122 cm³/mol. The van der Waals surface area contributed by atoms with Gasteiger partial charge in [-0.1, -0.05) is 42.5 Å². The molecule has 0 aliphatic carbocycles. The normalized spacial score (nSPS) is 15.1. The average molecular weight is 430 g/mol. The molecule has 1 fully saturated rings. The Bertz CT molecular complexity index is 1050. The number of amides is 1. The molecule has 0 spiro atoms. The molecule has 0 radical (unpaired) electrons. The fourth-order valence-corrected chi connectivity index (χ4v) is 3.87. The van der Waals surface area contributed by atoms with Gasteiger partial charge in [-0.3, -0.25) is 9.48 Å². The molecule has 1 amide bonds. The zero-order valence-electron chi connectivity index (χ0n) is 17.9. The summed E-state index contributed by atoms with van der Waals surface area (Å²) in [6.07, 6.45) is 4.53. The second-order valence-electron chi connectivity index (χ2n) is 7.87. The minimum atomic E-state index is -0.497. The number of nitriles is 1. The zero-order valence-corrected chi connectivity index (χ0v) is 17.9. The standard InChI is InChI=1S/C25H27N5O2/c26-18-20-8-6-19(7-9-20)10-14-27-24(21-4-2-1-3-5-21)25(31)28-23-11-15-30(29-23)22-12-16-32-17-13-22/h1-9,11,15,22,24,27H,10,12-14,16-17H2,(H,28,29,31)/t24-/m1/s1. The number of ether oxygens (including phenoxy) is 1. The number of aromatic nitrogens is 2. The van der Waals surface area contributed by atoms with Crippen LogP contribution in [-0.4, -0.2) is 35.4 Å². The quantitative estimate of drug-likeness (QED) is 0.571. The summed E-state index contributed by atoms with van der Waals surface area (Å²) in [5, 5.41) is 19.8. The van der Waals surface area contributed by atoms with Crippen LogP contribution in [-0.2, 0) is 16.0 Å². The summed E-state index contributed by atoms with van der Waals surface area (Å²) in [6, 6.07) is 21.0. The molecular weight excluding hydrogens is 402 g/mol. The Morgan fingerprint density at radius 2 is 1.88 bits per heavy atom. The fourth-order valence-electron chi connectivity index (χ4n) is 3.87. The van der Waals surface area contributed by atoms with Crippen molar-refractivity contribution in [2.45, 2.75) is 31.3 Å². The maximum Gasteiger partial charge on any atom is 0.247 e. The van der Waals surface area contributed by atoms with Crippen molar-refractivity contribution in [3.63, 3.8) is 0 Å². The maximum atomic E-state index is 13.1. The van der Waals surface area contributed by atoms with Crippen LogP contribution in [0, 0.1) is 11.3 Å². The Kier molecular flexibility index (Phi) is 7.28. The summed E-state index contributed by atoms with van der Waals surface area (Å²) in [5.74, 6) is 0.407. The number of rotatable bonds is 8. The van der Waals surface area contributed by atoms with Crippen LogP contribution in [0.15, 0.2) is 66.9 Å². The van der Waals surface area contributed by atoms with Crippen molar-refractivity contribution >= 4 is 11.7 Å². The minimum absolute atomic E-state index is 0.145. The Hall–Kier alpha value is -3.47. The predicted octanol–water partition coefficient (Wildman–Crippen LogP) is 3.62. The largest absolute Gasteiger partial charge is 0.381 e. The Balaban J connectivity index is 1.40. The monoisotopic (exact) mass is 429 g/mol. The van der Waals surface area contributed by atoms with E-state index in [0.717, 1.165) is 43.6 Å². The highest BCUT2D eigenvalue weighted by molar-refractivity contribution is 5.94. The first-order chi connectivity index (χ1) is 15.7. The van der Waals surface area contributed by atoms with Crippen molar-refractivity contribution in [3.8, 4) is 6.07 Å². The van der Waals surface area contributed by atoms with Gasteiger partial charge in [0.15, 0.2) is 5.82 Å². The van der Waals surface area contributed by atoms with Gasteiger partial charge in [0.2, 0.25) is 5.91 Å². The molecule has 0 bridgehead atoms. The van der Waals surface area contributed by atoms with E-state index >= 15 is 0 Å². The first-order valence-corrected chi connectivity index (χ1v) is 10.9. The van der Waals surface area contributed by atoms with Crippen LogP contribution >= 0.6 is 0 Å². The highest BCUT2D eigenvalue weighted by Gasteiger charge is 2.22. The van der Waals surface area contributed by atoms with E-state index in [4.69, 9.17) is 10.00 Å². The molecule has 1 aliphatic heterocycles. The fraction of sp³-hybridized carbons (Fsp3) is 0.320. The summed E-state index contributed by atoms with van der Waals surface area (Å²) in [6.45, 7) is 2.10. The summed E-state index contributed by atoms with van der Waals surface area (Å²) < 4.78 is 7.35. The topological polar surface area (TPSA) is 92.0 Å². The van der Waals surface area contributed by atoms with Crippen molar-refractivity contribution in [2.75, 3.05) is 25.1 Å². The second-order valence-corrected chi connectivity index (χ2v) is 7.87. The van der Waals surface area contributed by atoms with Gasteiger partial charge in [-0.05, 0) is 42.5 Å². The molecule has 2 N–H and O–H groups in total. The third kappa shape index (κ3) is 5.61. The van der Waals surface area contributed by atoms with Crippen LogP contribution in [0.5, 0.6) is 0 Å². The van der Waals surface area contributed by atoms with Crippen LogP contribution in [0.1, 0.15) is 41.6 Å². The lowest BCUT2D eigenvalue weighted by Crippen LogP contribution is -2.34. The first kappa shape index (κ1) is 21.8. The van der Waals surface area contributed by atoms with E-state index in [9.17, 15) is 4.79 Å². The third-order valence-corrected chi connectivity index (χ3v) is 5.66. The van der Waals surface area contributed by atoms with E-state index in [1.165, 1.54) is 0 Å². The minimum Gasteiger partial charge on any atom is -0.381 e. The van der Waals surface area contributed by atoms with Gasteiger partial charge in [0, 0.05) is 32.0 Å². The molecule has 1 atom stereocenters. The summed E-state index contributed by atoms with van der Waals surface area (Å²) in [7, 11) is 0. The van der Waals surface area contributed by atoms with E-state index in [0.29, 0.717) is 24.0 Å². The maximum absolute atomic E-state index is 13.1. The number of benzene rings is 2. The molecule has 1 aromatic heterocycles. The van der Waals surface area contributed by atoms with Gasteiger partial charge >= 0.3 is 0 Å². The molecule has 1 saturated heterocycles. The Morgan fingerprint density at radius 1 is 1.12 bits per heavy atom. The van der Waals surface area contributed by atoms with Gasteiger partial charge in [0.05, 0.1) is 17.7 Å². The number of hydrogen-bond donors (Lipinski definition) is 2. The van der Waals surface area contributed by atoms with Crippen molar-refractivity contribution in [1.29, 1.82) is 5.26 Å². The first-order valence-electron chi connectivity index (χ1n) is 10.9. The van der Waals surface area contributed by atoms with E-state index < -0.39 is 6.04 Å². The van der Waals surface area contributed by atoms with Crippen LogP contribution in [0.2, 0.25) is 0 Å². The third-order valence-electron chi connectivity index (χ3n) is 5.66. The molecule has 0 saturated carbocycles. The van der Waals surface area contributed by atoms with E-state index in [1.807, 2.05) is 71.5 Å². The number of nitrogens with one attached hydrogen (secondary N) is 2. The molecule has 4 rings (SSSR count). The lowest BCUT2D eigenvalue weighted by atomic mass is 10.1. The zero-order chi connectivity index (χ0) is 22.2. The molecule has 2 aromatic carbocycles. The molecule has 7 nitrogen and oxygen atoms in total. The number of hydrogen-bond acceptors (Lipinski definition) is 5. The SMILES string of the molecule is N#Cc1ccc(CCN[C@@H](C(=O)Nc2ccn(C3CCOCC3)n2)c2ccccc2)cc1. The van der Waals surface area contributed by atoms with Gasteiger partial charge in [-0.15, -0.1) is 0 Å². The Labute approximate surface area is 188 Å². The van der Waals surface area contributed by atoms with Gasteiger partial charge < -0.3 is 15.4 Å². The molecule has 7 heteroatoms. The molecule has 32 heavy (non-hydrogen) atoms. The van der Waals surface area contributed by atoms with Crippen molar-refractivity contribution in [2.24, 2.45) is 0 Å². The van der Waals surface area contributed by atoms with E-state index in [2.05, 4.69) is 21.8 Å². The second kappa shape index (κ2) is 10.7. The Morgan fingerprint density at radius 3 is 2.59 bits per heavy atom. The van der Waals surface area contributed by atoms with Gasteiger partial charge in [-0.2, -0.15) is 10.4 Å². The van der Waals surface area contributed by atoms with Crippen molar-refractivity contribution in [1.82, 2.24) is 15.1 Å². The molecule has 0 unspecified atom stereocenters. The van der Waals surface area contributed by atoms with Crippen LogP contribution in [0.4, 0.5) is 5.82 Å². The van der Waals surface area contributed by atoms with Gasteiger partial charge in [0.1, 0.15) is 6.04 Å². The van der Waals surface area contributed by atoms with Crippen LogP contribution < -0.4 is 10.6 Å².